The third kappa shape index (κ3) is 2.60. The van der Waals surface area contributed by atoms with Crippen molar-refractivity contribution in [3.05, 3.63) is 36.5 Å². The molecule has 3 N–H and O–H groups in total. The first kappa shape index (κ1) is 12.6. The van der Waals surface area contributed by atoms with Crippen molar-refractivity contribution in [2.24, 2.45) is 0 Å². The van der Waals surface area contributed by atoms with E-state index >= 15 is 0 Å². The summed E-state index contributed by atoms with van der Waals surface area (Å²) in [4.78, 5) is 27.4. The molecule has 0 saturated carbocycles. The number of hydrogen-bond donors (Lipinski definition) is 3. The van der Waals surface area contributed by atoms with E-state index in [1.54, 1.807) is 6.20 Å². The van der Waals surface area contributed by atoms with Crippen molar-refractivity contribution < 1.29 is 9.59 Å². The highest BCUT2D eigenvalue weighted by Crippen LogP contribution is 2.16. The van der Waals surface area contributed by atoms with Crippen LogP contribution in [0.1, 0.15) is 0 Å². The largest absolute Gasteiger partial charge is 0.353 e. The van der Waals surface area contributed by atoms with E-state index in [1.807, 2.05) is 30.3 Å². The van der Waals surface area contributed by atoms with Crippen LogP contribution in [0.4, 0.5) is 5.69 Å². The number of nitrogens with zero attached hydrogens (tertiary/aromatic N) is 1. The van der Waals surface area contributed by atoms with Gasteiger partial charge < -0.3 is 10.6 Å². The van der Waals surface area contributed by atoms with E-state index in [-0.39, 0.29) is 18.4 Å². The molecule has 102 valence electrons. The number of hydrogen-bond acceptors (Lipinski definition) is 4. The van der Waals surface area contributed by atoms with Crippen molar-refractivity contribution in [2.75, 3.05) is 18.4 Å². The third-order valence-corrected chi connectivity index (χ3v) is 3.19. The molecule has 0 bridgehead atoms. The van der Waals surface area contributed by atoms with Gasteiger partial charge in [-0.25, -0.2) is 0 Å². The van der Waals surface area contributed by atoms with E-state index < -0.39 is 6.04 Å². The molecule has 1 aliphatic rings. The van der Waals surface area contributed by atoms with Crippen LogP contribution >= 0.6 is 0 Å². The predicted molar refractivity (Wildman–Crippen MR) is 75.2 cm³/mol. The SMILES string of the molecule is O=C1CNC(C(=O)Nc2cnc3ccccc3c2)CN1. The van der Waals surface area contributed by atoms with Gasteiger partial charge in [-0.2, -0.15) is 0 Å². The molecule has 2 amide bonds. The normalized spacial score (nSPS) is 18.6. The van der Waals surface area contributed by atoms with E-state index in [0.29, 0.717) is 12.2 Å². The minimum atomic E-state index is -0.417. The van der Waals surface area contributed by atoms with Gasteiger partial charge in [-0.15, -0.1) is 0 Å². The number of para-hydroxylation sites is 1. The fourth-order valence-corrected chi connectivity index (χ4v) is 2.12. The maximum Gasteiger partial charge on any atom is 0.243 e. The lowest BCUT2D eigenvalue weighted by molar-refractivity contribution is -0.124. The topological polar surface area (TPSA) is 83.1 Å². The number of fused-ring (bicyclic) bond motifs is 1. The molecule has 0 spiro atoms. The van der Waals surface area contributed by atoms with Gasteiger partial charge in [0.15, 0.2) is 0 Å². The molecule has 1 aromatic heterocycles. The van der Waals surface area contributed by atoms with Crippen LogP contribution in [0.3, 0.4) is 0 Å². The number of benzene rings is 1. The van der Waals surface area contributed by atoms with Crippen LogP contribution in [0.5, 0.6) is 0 Å². The van der Waals surface area contributed by atoms with E-state index in [1.165, 1.54) is 0 Å². The molecule has 0 radical (unpaired) electrons. The zero-order valence-corrected chi connectivity index (χ0v) is 10.7. The Kier molecular flexibility index (Phi) is 3.30. The Morgan fingerprint density at radius 2 is 2.20 bits per heavy atom. The number of nitrogens with one attached hydrogen (secondary N) is 3. The number of anilines is 1. The molecular weight excluding hydrogens is 256 g/mol. The lowest BCUT2D eigenvalue weighted by Crippen LogP contribution is -2.56. The van der Waals surface area contributed by atoms with Crippen molar-refractivity contribution in [3.63, 3.8) is 0 Å². The fourth-order valence-electron chi connectivity index (χ4n) is 2.12. The van der Waals surface area contributed by atoms with Gasteiger partial charge in [-0.05, 0) is 12.1 Å². The summed E-state index contributed by atoms with van der Waals surface area (Å²) in [6.07, 6.45) is 1.63. The average molecular weight is 270 g/mol. The Labute approximate surface area is 115 Å². The summed E-state index contributed by atoms with van der Waals surface area (Å²) >= 11 is 0. The van der Waals surface area contributed by atoms with Crippen molar-refractivity contribution in [2.45, 2.75) is 6.04 Å². The van der Waals surface area contributed by atoms with Gasteiger partial charge >= 0.3 is 0 Å². The van der Waals surface area contributed by atoms with Crippen LogP contribution in [-0.2, 0) is 9.59 Å². The predicted octanol–water partition coefficient (Wildman–Crippen LogP) is 0.261. The Morgan fingerprint density at radius 1 is 1.35 bits per heavy atom. The Morgan fingerprint density at radius 3 is 3.00 bits per heavy atom. The second-order valence-electron chi connectivity index (χ2n) is 4.64. The first-order valence-electron chi connectivity index (χ1n) is 6.38. The summed E-state index contributed by atoms with van der Waals surface area (Å²) < 4.78 is 0. The third-order valence-electron chi connectivity index (χ3n) is 3.19. The molecule has 1 saturated heterocycles. The van der Waals surface area contributed by atoms with E-state index in [9.17, 15) is 9.59 Å². The monoisotopic (exact) mass is 270 g/mol. The van der Waals surface area contributed by atoms with Crippen LogP contribution in [0.25, 0.3) is 10.9 Å². The van der Waals surface area contributed by atoms with E-state index in [0.717, 1.165) is 10.9 Å². The second-order valence-corrected chi connectivity index (χ2v) is 4.64. The van der Waals surface area contributed by atoms with Crippen molar-refractivity contribution in [3.8, 4) is 0 Å². The Bertz CT molecular complexity index is 661. The molecule has 1 unspecified atom stereocenters. The van der Waals surface area contributed by atoms with Crippen molar-refractivity contribution >= 4 is 28.4 Å². The van der Waals surface area contributed by atoms with E-state index in [2.05, 4.69) is 20.9 Å². The number of aromatic nitrogens is 1. The number of rotatable bonds is 2. The van der Waals surface area contributed by atoms with Crippen LogP contribution in [0.15, 0.2) is 36.5 Å². The van der Waals surface area contributed by atoms with Gasteiger partial charge in [0.05, 0.1) is 23.9 Å². The quantitative estimate of drug-likeness (QED) is 0.731. The molecule has 1 aliphatic heterocycles. The first-order chi connectivity index (χ1) is 9.72. The van der Waals surface area contributed by atoms with E-state index in [4.69, 9.17) is 0 Å². The van der Waals surface area contributed by atoms with Crippen LogP contribution in [0, 0.1) is 0 Å². The van der Waals surface area contributed by atoms with Gasteiger partial charge in [-0.3, -0.25) is 19.9 Å². The number of carbonyl (C=O) groups is 2. The van der Waals surface area contributed by atoms with Gasteiger partial charge in [-0.1, -0.05) is 18.2 Å². The molecular formula is C14H14N4O2. The molecule has 1 fully saturated rings. The summed E-state index contributed by atoms with van der Waals surface area (Å²) in [6, 6.07) is 9.16. The van der Waals surface area contributed by atoms with Gasteiger partial charge in [0.2, 0.25) is 11.8 Å². The Hall–Kier alpha value is -2.47. The summed E-state index contributed by atoms with van der Waals surface area (Å²) in [7, 11) is 0. The summed E-state index contributed by atoms with van der Waals surface area (Å²) in [5, 5.41) is 9.30. The lowest BCUT2D eigenvalue weighted by Gasteiger charge is -2.23. The highest BCUT2D eigenvalue weighted by Gasteiger charge is 2.23. The Balaban J connectivity index is 1.72. The van der Waals surface area contributed by atoms with Crippen LogP contribution in [0.2, 0.25) is 0 Å². The second kappa shape index (κ2) is 5.26. The summed E-state index contributed by atoms with van der Waals surface area (Å²) in [5.41, 5.74) is 1.53. The molecule has 1 aromatic carbocycles. The molecule has 6 heteroatoms. The highest BCUT2D eigenvalue weighted by molar-refractivity contribution is 5.97. The van der Waals surface area contributed by atoms with Crippen molar-refractivity contribution in [1.82, 2.24) is 15.6 Å². The fraction of sp³-hybridized carbons (Fsp3) is 0.214. The van der Waals surface area contributed by atoms with Crippen molar-refractivity contribution in [1.29, 1.82) is 0 Å². The number of amides is 2. The molecule has 20 heavy (non-hydrogen) atoms. The molecule has 2 aromatic rings. The zero-order chi connectivity index (χ0) is 13.9. The van der Waals surface area contributed by atoms with Gasteiger partial charge in [0.25, 0.3) is 0 Å². The number of pyridine rings is 1. The van der Waals surface area contributed by atoms with Crippen LogP contribution < -0.4 is 16.0 Å². The van der Waals surface area contributed by atoms with Gasteiger partial charge in [0.1, 0.15) is 6.04 Å². The molecule has 2 heterocycles. The number of carbonyl (C=O) groups excluding carboxylic acids is 2. The lowest BCUT2D eigenvalue weighted by atomic mass is 10.2. The molecule has 1 atom stereocenters. The molecule has 3 rings (SSSR count). The standard InChI is InChI=1S/C14H14N4O2/c19-13-8-16-12(7-17-13)14(20)18-10-5-9-3-1-2-4-11(9)15-6-10/h1-6,12,16H,7-8H2,(H,17,19)(H,18,20). The number of piperazine rings is 1. The molecule has 6 nitrogen and oxygen atoms in total. The summed E-state index contributed by atoms with van der Waals surface area (Å²) in [5.74, 6) is -0.275. The van der Waals surface area contributed by atoms with Crippen LogP contribution in [-0.4, -0.2) is 35.9 Å². The highest BCUT2D eigenvalue weighted by atomic mass is 16.2. The smallest absolute Gasteiger partial charge is 0.243 e. The average Bonchev–Trinajstić information content (AvgIpc) is 2.48. The zero-order valence-electron chi connectivity index (χ0n) is 10.7. The maximum absolute atomic E-state index is 12.1. The van der Waals surface area contributed by atoms with Gasteiger partial charge in [0, 0.05) is 11.9 Å². The maximum atomic E-state index is 12.1. The minimum absolute atomic E-state index is 0.0959. The minimum Gasteiger partial charge on any atom is -0.353 e. The summed E-state index contributed by atoms with van der Waals surface area (Å²) in [6.45, 7) is 0.458. The molecule has 0 aliphatic carbocycles. The first-order valence-corrected chi connectivity index (χ1v) is 6.38.